The summed E-state index contributed by atoms with van der Waals surface area (Å²) in [5, 5.41) is 12.0. The third-order valence-corrected chi connectivity index (χ3v) is 1.77. The first-order chi connectivity index (χ1) is 5.27. The SMILES string of the molecule is Cc1cc2[nH]ccc2c[n+]1[O-]. The Hall–Kier alpha value is -1.51. The largest absolute Gasteiger partial charge is 0.618 e. The maximum atomic E-state index is 11.0. The normalized spacial score (nSPS) is 10.6. The van der Waals surface area contributed by atoms with E-state index in [4.69, 9.17) is 0 Å². The Labute approximate surface area is 63.9 Å². The van der Waals surface area contributed by atoms with E-state index in [0.717, 1.165) is 15.6 Å². The van der Waals surface area contributed by atoms with Crippen LogP contribution in [0.2, 0.25) is 0 Å². The van der Waals surface area contributed by atoms with Gasteiger partial charge in [0.05, 0.1) is 10.9 Å². The van der Waals surface area contributed by atoms with Gasteiger partial charge in [0.25, 0.3) is 0 Å². The van der Waals surface area contributed by atoms with Crippen LogP contribution in [0, 0.1) is 12.1 Å². The smallest absolute Gasteiger partial charge is 0.191 e. The zero-order valence-electron chi connectivity index (χ0n) is 6.16. The third-order valence-electron chi connectivity index (χ3n) is 1.77. The molecule has 0 radical (unpaired) electrons. The number of hydrogen-bond donors (Lipinski definition) is 1. The van der Waals surface area contributed by atoms with Crippen molar-refractivity contribution in [2.24, 2.45) is 0 Å². The summed E-state index contributed by atoms with van der Waals surface area (Å²) in [6, 6.07) is 3.71. The second kappa shape index (κ2) is 1.99. The molecule has 0 bridgehead atoms. The first kappa shape index (κ1) is 6.22. The second-order valence-electron chi connectivity index (χ2n) is 2.59. The van der Waals surface area contributed by atoms with Gasteiger partial charge in [-0.1, -0.05) is 0 Å². The molecular formula is C8H8N2O. The molecule has 2 heterocycles. The van der Waals surface area contributed by atoms with E-state index in [2.05, 4.69) is 4.98 Å². The van der Waals surface area contributed by atoms with Crippen LogP contribution < -0.4 is 4.73 Å². The molecule has 0 saturated heterocycles. The van der Waals surface area contributed by atoms with Crippen molar-refractivity contribution in [3.63, 3.8) is 0 Å². The van der Waals surface area contributed by atoms with Crippen molar-refractivity contribution < 1.29 is 4.73 Å². The van der Waals surface area contributed by atoms with E-state index >= 15 is 0 Å². The molecule has 1 N–H and O–H groups in total. The van der Waals surface area contributed by atoms with Gasteiger partial charge in [-0.2, -0.15) is 4.73 Å². The number of pyridine rings is 1. The molecule has 3 nitrogen and oxygen atoms in total. The number of rotatable bonds is 0. The molecule has 0 aliphatic heterocycles. The molecule has 0 aromatic carbocycles. The van der Waals surface area contributed by atoms with Crippen LogP contribution in [0.3, 0.4) is 0 Å². The van der Waals surface area contributed by atoms with Crippen LogP contribution in [-0.2, 0) is 0 Å². The lowest BCUT2D eigenvalue weighted by Gasteiger charge is -1.98. The maximum Gasteiger partial charge on any atom is 0.191 e. The fourth-order valence-corrected chi connectivity index (χ4v) is 1.13. The number of aryl methyl sites for hydroxylation is 1. The Bertz CT molecular complexity index is 356. The van der Waals surface area contributed by atoms with Crippen molar-refractivity contribution in [1.82, 2.24) is 4.98 Å². The number of H-pyrrole nitrogens is 1. The Morgan fingerprint density at radius 1 is 1.55 bits per heavy atom. The van der Waals surface area contributed by atoms with Gasteiger partial charge in [0.2, 0.25) is 0 Å². The summed E-state index contributed by atoms with van der Waals surface area (Å²) in [6.07, 6.45) is 3.39. The van der Waals surface area contributed by atoms with Crippen LogP contribution in [0.4, 0.5) is 0 Å². The first-order valence-corrected chi connectivity index (χ1v) is 3.44. The number of aromatic amines is 1. The van der Waals surface area contributed by atoms with Gasteiger partial charge in [-0.15, -0.1) is 0 Å². The van der Waals surface area contributed by atoms with Crippen molar-refractivity contribution >= 4 is 10.9 Å². The quantitative estimate of drug-likeness (QED) is 0.441. The summed E-state index contributed by atoms with van der Waals surface area (Å²) >= 11 is 0. The highest BCUT2D eigenvalue weighted by Crippen LogP contribution is 2.09. The molecule has 2 aromatic heterocycles. The highest BCUT2D eigenvalue weighted by molar-refractivity contribution is 5.77. The minimum Gasteiger partial charge on any atom is -0.618 e. The summed E-state index contributed by atoms with van der Waals surface area (Å²) in [4.78, 5) is 3.04. The first-order valence-electron chi connectivity index (χ1n) is 3.44. The van der Waals surface area contributed by atoms with Gasteiger partial charge in [-0.3, -0.25) is 0 Å². The molecule has 0 aliphatic carbocycles. The van der Waals surface area contributed by atoms with Gasteiger partial charge >= 0.3 is 0 Å². The average Bonchev–Trinajstić information content (AvgIpc) is 2.36. The highest BCUT2D eigenvalue weighted by atomic mass is 16.5. The number of hydrogen-bond acceptors (Lipinski definition) is 1. The summed E-state index contributed by atoms with van der Waals surface area (Å²) in [5.74, 6) is 0. The number of nitrogens with zero attached hydrogens (tertiary/aromatic N) is 1. The van der Waals surface area contributed by atoms with Gasteiger partial charge in [-0.25, -0.2) is 0 Å². The van der Waals surface area contributed by atoms with E-state index in [-0.39, 0.29) is 0 Å². The molecule has 11 heavy (non-hydrogen) atoms. The molecule has 0 atom stereocenters. The van der Waals surface area contributed by atoms with E-state index in [1.807, 2.05) is 18.3 Å². The molecule has 0 aliphatic rings. The Kier molecular flexibility index (Phi) is 1.12. The van der Waals surface area contributed by atoms with E-state index < -0.39 is 0 Å². The summed E-state index contributed by atoms with van der Waals surface area (Å²) in [7, 11) is 0. The Balaban J connectivity index is 2.86. The standard InChI is InChI=1S/C8H8N2O/c1-6-4-8-7(2-3-9-8)5-10(6)11/h2-5,9H,1H3. The topological polar surface area (TPSA) is 42.7 Å². The molecule has 3 heteroatoms. The maximum absolute atomic E-state index is 11.0. The van der Waals surface area contributed by atoms with Gasteiger partial charge in [-0.05, 0) is 6.07 Å². The lowest BCUT2D eigenvalue weighted by atomic mass is 10.3. The van der Waals surface area contributed by atoms with Crippen LogP contribution in [0.5, 0.6) is 0 Å². The predicted octanol–water partition coefficient (Wildman–Crippen LogP) is 1.11. The van der Waals surface area contributed by atoms with E-state index in [0.29, 0.717) is 5.69 Å². The summed E-state index contributed by atoms with van der Waals surface area (Å²) in [5.41, 5.74) is 1.72. The molecule has 0 spiro atoms. The van der Waals surface area contributed by atoms with Gasteiger partial charge in [0, 0.05) is 19.2 Å². The van der Waals surface area contributed by atoms with Crippen LogP contribution in [0.25, 0.3) is 10.9 Å². The fraction of sp³-hybridized carbons (Fsp3) is 0.125. The van der Waals surface area contributed by atoms with Gasteiger partial charge in [0.15, 0.2) is 11.9 Å². The van der Waals surface area contributed by atoms with E-state index in [1.54, 1.807) is 13.1 Å². The molecule has 0 amide bonds. The highest BCUT2D eigenvalue weighted by Gasteiger charge is 2.01. The van der Waals surface area contributed by atoms with E-state index in [9.17, 15) is 5.21 Å². The fourth-order valence-electron chi connectivity index (χ4n) is 1.13. The Morgan fingerprint density at radius 3 is 3.18 bits per heavy atom. The minimum absolute atomic E-state index is 0.708. The molecule has 2 aromatic rings. The summed E-state index contributed by atoms with van der Waals surface area (Å²) < 4.78 is 0.871. The summed E-state index contributed by atoms with van der Waals surface area (Å²) in [6.45, 7) is 1.78. The molecule has 0 unspecified atom stereocenters. The zero-order chi connectivity index (χ0) is 7.84. The monoisotopic (exact) mass is 148 g/mol. The predicted molar refractivity (Wildman–Crippen MR) is 42.0 cm³/mol. The van der Waals surface area contributed by atoms with Crippen molar-refractivity contribution in [3.05, 3.63) is 35.4 Å². The lowest BCUT2D eigenvalue weighted by molar-refractivity contribution is -0.610. The molecule has 0 saturated carbocycles. The number of aromatic nitrogens is 2. The van der Waals surface area contributed by atoms with Crippen molar-refractivity contribution in [3.8, 4) is 0 Å². The van der Waals surface area contributed by atoms with Crippen molar-refractivity contribution in [2.45, 2.75) is 6.92 Å². The number of fused-ring (bicyclic) bond motifs is 1. The zero-order valence-corrected chi connectivity index (χ0v) is 6.16. The molecule has 2 rings (SSSR count). The van der Waals surface area contributed by atoms with Crippen LogP contribution in [0.15, 0.2) is 24.5 Å². The van der Waals surface area contributed by atoms with Crippen molar-refractivity contribution in [1.29, 1.82) is 0 Å². The third kappa shape index (κ3) is 0.852. The average molecular weight is 148 g/mol. The lowest BCUT2D eigenvalue weighted by Crippen LogP contribution is -2.28. The van der Waals surface area contributed by atoms with Gasteiger partial charge in [0.1, 0.15) is 0 Å². The van der Waals surface area contributed by atoms with Crippen LogP contribution in [-0.4, -0.2) is 4.98 Å². The second-order valence-corrected chi connectivity index (χ2v) is 2.59. The number of nitrogens with one attached hydrogen (secondary N) is 1. The molecule has 0 fully saturated rings. The van der Waals surface area contributed by atoms with Crippen LogP contribution >= 0.6 is 0 Å². The molecular weight excluding hydrogens is 140 g/mol. The van der Waals surface area contributed by atoms with Crippen LogP contribution in [0.1, 0.15) is 5.69 Å². The van der Waals surface area contributed by atoms with Crippen molar-refractivity contribution in [2.75, 3.05) is 0 Å². The van der Waals surface area contributed by atoms with E-state index in [1.165, 1.54) is 0 Å². The van der Waals surface area contributed by atoms with Gasteiger partial charge < -0.3 is 10.2 Å². The minimum atomic E-state index is 0.708. The molecule has 56 valence electrons. The Morgan fingerprint density at radius 2 is 2.36 bits per heavy atom.